The van der Waals surface area contributed by atoms with Gasteiger partial charge >= 0.3 is 0 Å². The molecule has 4 aromatic carbocycles. The predicted molar refractivity (Wildman–Crippen MR) is 179 cm³/mol. The quantitative estimate of drug-likeness (QED) is 0.171. The molecule has 1 N–H and O–H groups in total. The van der Waals surface area contributed by atoms with Gasteiger partial charge < -0.3 is 10.2 Å². The molecule has 0 aliphatic carbocycles. The lowest BCUT2D eigenvalue weighted by molar-refractivity contribution is -0.140. The lowest BCUT2D eigenvalue weighted by atomic mass is 10.0. The van der Waals surface area contributed by atoms with Crippen molar-refractivity contribution in [3.8, 4) is 0 Å². The van der Waals surface area contributed by atoms with Crippen molar-refractivity contribution in [2.45, 2.75) is 37.8 Å². The number of hydrogen-bond acceptors (Lipinski definition) is 4. The van der Waals surface area contributed by atoms with Crippen LogP contribution in [0.4, 0.5) is 5.69 Å². The van der Waals surface area contributed by atoms with E-state index in [1.807, 2.05) is 61.5 Å². The van der Waals surface area contributed by atoms with E-state index in [1.165, 1.54) is 35.2 Å². The third-order valence-electron chi connectivity index (χ3n) is 6.97. The number of rotatable bonds is 12. The van der Waals surface area contributed by atoms with E-state index >= 15 is 0 Å². The van der Waals surface area contributed by atoms with Gasteiger partial charge in [0.25, 0.3) is 10.0 Å². The van der Waals surface area contributed by atoms with Crippen molar-refractivity contribution in [2.75, 3.05) is 17.4 Å². The van der Waals surface area contributed by atoms with Crippen molar-refractivity contribution in [3.63, 3.8) is 0 Å². The van der Waals surface area contributed by atoms with Crippen LogP contribution in [0.3, 0.4) is 0 Å². The zero-order valence-corrected chi connectivity index (χ0v) is 28.1. The van der Waals surface area contributed by atoms with Gasteiger partial charge in [-0.15, -0.1) is 0 Å². The molecule has 0 bridgehead atoms. The monoisotopic (exact) mass is 715 g/mol. The molecule has 4 aromatic rings. The predicted octanol–water partition coefficient (Wildman–Crippen LogP) is 7.04. The molecular formula is C33H32BrCl2N3O4S. The van der Waals surface area contributed by atoms with Crippen molar-refractivity contribution >= 4 is 66.7 Å². The third-order valence-corrected chi connectivity index (χ3v) is 10.0. The molecule has 11 heteroatoms. The van der Waals surface area contributed by atoms with E-state index < -0.39 is 28.5 Å². The lowest BCUT2D eigenvalue weighted by Gasteiger charge is -2.34. The molecule has 0 radical (unpaired) electrons. The fourth-order valence-electron chi connectivity index (χ4n) is 4.64. The molecule has 0 unspecified atom stereocenters. The minimum Gasteiger partial charge on any atom is -0.355 e. The van der Waals surface area contributed by atoms with Gasteiger partial charge in [0.15, 0.2) is 0 Å². The number of sulfonamides is 1. The maximum Gasteiger partial charge on any atom is 0.264 e. The summed E-state index contributed by atoms with van der Waals surface area (Å²) in [5.74, 6) is -0.911. The van der Waals surface area contributed by atoms with Gasteiger partial charge in [0, 0.05) is 24.0 Å². The van der Waals surface area contributed by atoms with Crippen LogP contribution < -0.4 is 9.62 Å². The number of benzene rings is 4. The Bertz CT molecular complexity index is 1700. The summed E-state index contributed by atoms with van der Waals surface area (Å²) in [5.41, 5.74) is 2.67. The fraction of sp³-hybridized carbons (Fsp3) is 0.212. The summed E-state index contributed by atoms with van der Waals surface area (Å²) in [7, 11) is -4.25. The lowest BCUT2D eigenvalue weighted by Crippen LogP contribution is -2.53. The number of anilines is 1. The van der Waals surface area contributed by atoms with Crippen LogP contribution in [0.25, 0.3) is 0 Å². The first-order valence-corrected chi connectivity index (χ1v) is 16.9. The van der Waals surface area contributed by atoms with Crippen molar-refractivity contribution in [1.82, 2.24) is 10.2 Å². The van der Waals surface area contributed by atoms with Crippen LogP contribution in [0.1, 0.15) is 23.6 Å². The topological polar surface area (TPSA) is 86.8 Å². The van der Waals surface area contributed by atoms with E-state index in [-0.39, 0.29) is 39.5 Å². The van der Waals surface area contributed by atoms with Gasteiger partial charge in [-0.3, -0.25) is 13.9 Å². The van der Waals surface area contributed by atoms with Crippen LogP contribution in [-0.2, 0) is 32.6 Å². The summed E-state index contributed by atoms with van der Waals surface area (Å²) in [6, 6.07) is 26.6. The highest BCUT2D eigenvalue weighted by Gasteiger charge is 2.34. The van der Waals surface area contributed by atoms with Crippen molar-refractivity contribution in [2.24, 2.45) is 0 Å². The molecule has 0 aliphatic rings. The Morgan fingerprint density at radius 1 is 0.864 bits per heavy atom. The average molecular weight is 718 g/mol. The molecule has 0 spiro atoms. The molecular weight excluding hydrogens is 685 g/mol. The molecule has 7 nitrogen and oxygen atoms in total. The normalized spacial score (nSPS) is 11.9. The number of aryl methyl sites for hydroxylation is 1. The van der Waals surface area contributed by atoms with E-state index in [2.05, 4.69) is 21.2 Å². The maximum absolute atomic E-state index is 14.4. The first-order chi connectivity index (χ1) is 21.0. The molecule has 0 aliphatic heterocycles. The number of nitrogens with one attached hydrogen (secondary N) is 1. The van der Waals surface area contributed by atoms with E-state index in [0.29, 0.717) is 6.54 Å². The summed E-state index contributed by atoms with van der Waals surface area (Å²) in [6.45, 7) is 3.50. The Balaban J connectivity index is 1.81. The standard InChI is InChI=1S/C33H32BrCl2N3O4S/c1-3-37-33(41)31(19-24-7-5-4-6-8-24)38(21-25-11-13-26(34)14-12-25)32(40)22-39(27-15-18-29(35)30(36)20-27)44(42,43)28-16-9-23(2)10-17-28/h4-18,20,31H,3,19,21-22H2,1-2H3,(H,37,41)/t31-/m1/s1. The number of carbonyl (C=O) groups is 2. The van der Waals surface area contributed by atoms with Crippen LogP contribution in [0.5, 0.6) is 0 Å². The second-order valence-corrected chi connectivity index (χ2v) is 13.8. The second-order valence-electron chi connectivity index (χ2n) is 10.2. The zero-order valence-electron chi connectivity index (χ0n) is 24.2. The first kappa shape index (κ1) is 33.5. The largest absolute Gasteiger partial charge is 0.355 e. The molecule has 4 rings (SSSR count). The second kappa shape index (κ2) is 15.1. The summed E-state index contributed by atoms with van der Waals surface area (Å²) >= 11 is 15.9. The maximum atomic E-state index is 14.4. The number of nitrogens with zero attached hydrogens (tertiary/aromatic N) is 2. The molecule has 0 heterocycles. The smallest absolute Gasteiger partial charge is 0.264 e. The molecule has 1 atom stereocenters. The Kier molecular flexibility index (Phi) is 11.5. The highest BCUT2D eigenvalue weighted by molar-refractivity contribution is 9.10. The van der Waals surface area contributed by atoms with Crippen LogP contribution in [0.15, 0.2) is 106 Å². The summed E-state index contributed by atoms with van der Waals surface area (Å²) < 4.78 is 30.0. The fourth-order valence-corrected chi connectivity index (χ4v) is 6.60. The van der Waals surface area contributed by atoms with E-state index in [1.54, 1.807) is 19.1 Å². The van der Waals surface area contributed by atoms with Gasteiger partial charge in [-0.25, -0.2) is 8.42 Å². The molecule has 230 valence electrons. The molecule has 2 amide bonds. The van der Waals surface area contributed by atoms with Gasteiger partial charge in [0.2, 0.25) is 11.8 Å². The minimum atomic E-state index is -4.25. The number of amides is 2. The molecule has 0 saturated carbocycles. The number of hydrogen-bond donors (Lipinski definition) is 1. The Morgan fingerprint density at radius 3 is 2.14 bits per heavy atom. The van der Waals surface area contributed by atoms with Crippen molar-refractivity contribution in [1.29, 1.82) is 0 Å². The first-order valence-electron chi connectivity index (χ1n) is 13.9. The summed E-state index contributed by atoms with van der Waals surface area (Å²) in [6.07, 6.45) is 0.229. The van der Waals surface area contributed by atoms with Crippen molar-refractivity contribution in [3.05, 3.63) is 128 Å². The average Bonchev–Trinajstić information content (AvgIpc) is 3.00. The van der Waals surface area contributed by atoms with E-state index in [4.69, 9.17) is 23.2 Å². The Labute approximate surface area is 277 Å². The SMILES string of the molecule is CCNC(=O)[C@@H](Cc1ccccc1)N(Cc1ccc(Br)cc1)C(=O)CN(c1ccc(Cl)c(Cl)c1)S(=O)(=O)c1ccc(C)cc1. The highest BCUT2D eigenvalue weighted by Crippen LogP contribution is 2.31. The Hall–Kier alpha value is -3.37. The van der Waals surface area contributed by atoms with Gasteiger partial charge in [-0.2, -0.15) is 0 Å². The van der Waals surface area contributed by atoms with Crippen LogP contribution in [0.2, 0.25) is 10.0 Å². The van der Waals surface area contributed by atoms with Gasteiger partial charge in [-0.1, -0.05) is 99.3 Å². The summed E-state index contributed by atoms with van der Waals surface area (Å²) in [4.78, 5) is 29.4. The Morgan fingerprint density at radius 2 is 1.52 bits per heavy atom. The van der Waals surface area contributed by atoms with Gasteiger partial charge in [-0.05, 0) is 67.4 Å². The minimum absolute atomic E-state index is 0.00555. The number of halogens is 3. The highest BCUT2D eigenvalue weighted by atomic mass is 79.9. The van der Waals surface area contributed by atoms with E-state index in [9.17, 15) is 18.0 Å². The molecule has 44 heavy (non-hydrogen) atoms. The molecule has 0 fully saturated rings. The molecule has 0 saturated heterocycles. The van der Waals surface area contributed by atoms with Crippen LogP contribution >= 0.6 is 39.1 Å². The zero-order chi connectivity index (χ0) is 31.9. The number of likely N-dealkylation sites (N-methyl/N-ethyl adjacent to an activating group) is 1. The number of carbonyl (C=O) groups excluding carboxylic acids is 2. The van der Waals surface area contributed by atoms with Crippen LogP contribution in [0, 0.1) is 6.92 Å². The van der Waals surface area contributed by atoms with Gasteiger partial charge in [0.1, 0.15) is 12.6 Å². The van der Waals surface area contributed by atoms with Crippen molar-refractivity contribution < 1.29 is 18.0 Å². The van der Waals surface area contributed by atoms with Gasteiger partial charge in [0.05, 0.1) is 20.6 Å². The van der Waals surface area contributed by atoms with Crippen LogP contribution in [-0.4, -0.2) is 44.3 Å². The molecule has 0 aromatic heterocycles. The summed E-state index contributed by atoms with van der Waals surface area (Å²) in [5, 5.41) is 3.23. The van der Waals surface area contributed by atoms with E-state index in [0.717, 1.165) is 25.5 Å². The third kappa shape index (κ3) is 8.41.